The lowest BCUT2D eigenvalue weighted by Gasteiger charge is -2.32. The summed E-state index contributed by atoms with van der Waals surface area (Å²) in [5, 5.41) is 6.25. The molecule has 1 aliphatic heterocycles. The quantitative estimate of drug-likeness (QED) is 0.777. The van der Waals surface area contributed by atoms with Crippen molar-refractivity contribution in [3.8, 4) is 0 Å². The molecule has 1 unspecified atom stereocenters. The molecule has 0 bridgehead atoms. The smallest absolute Gasteiger partial charge is 0.253 e. The molecule has 6 nitrogen and oxygen atoms in total. The number of hydrogen-bond acceptors (Lipinski definition) is 4. The SMILES string of the molecule is CCN[C@H](C)CNC(=O)C1CCCN(C(=O)c2ccncc2)C1.Cl.Cl. The molecule has 1 aromatic heterocycles. The van der Waals surface area contributed by atoms with Crippen molar-refractivity contribution in [2.45, 2.75) is 32.7 Å². The van der Waals surface area contributed by atoms with Gasteiger partial charge in [-0.3, -0.25) is 14.6 Å². The molecule has 1 aliphatic rings. The third-order valence-electron chi connectivity index (χ3n) is 4.14. The maximum Gasteiger partial charge on any atom is 0.253 e. The number of carbonyl (C=O) groups excluding carboxylic acids is 2. The van der Waals surface area contributed by atoms with Crippen LogP contribution in [0.2, 0.25) is 0 Å². The van der Waals surface area contributed by atoms with Crippen LogP contribution in [0.3, 0.4) is 0 Å². The molecule has 142 valence electrons. The summed E-state index contributed by atoms with van der Waals surface area (Å²) in [6.07, 6.45) is 4.92. The predicted molar refractivity (Wildman–Crippen MR) is 104 cm³/mol. The first-order valence-corrected chi connectivity index (χ1v) is 8.32. The van der Waals surface area contributed by atoms with E-state index in [-0.39, 0.29) is 48.6 Å². The Morgan fingerprint density at radius 3 is 2.64 bits per heavy atom. The molecule has 2 amide bonds. The zero-order valence-electron chi connectivity index (χ0n) is 14.7. The molecule has 8 heteroatoms. The van der Waals surface area contributed by atoms with Gasteiger partial charge >= 0.3 is 0 Å². The second kappa shape index (κ2) is 12.1. The predicted octanol–water partition coefficient (Wildman–Crippen LogP) is 1.89. The Morgan fingerprint density at radius 2 is 2.00 bits per heavy atom. The van der Waals surface area contributed by atoms with Gasteiger partial charge in [0.15, 0.2) is 0 Å². The topological polar surface area (TPSA) is 74.3 Å². The van der Waals surface area contributed by atoms with E-state index in [0.29, 0.717) is 25.2 Å². The third kappa shape index (κ3) is 7.18. The zero-order chi connectivity index (χ0) is 16.7. The van der Waals surface area contributed by atoms with Crippen molar-refractivity contribution in [3.63, 3.8) is 0 Å². The Balaban J connectivity index is 0.00000288. The van der Waals surface area contributed by atoms with Crippen LogP contribution >= 0.6 is 24.8 Å². The van der Waals surface area contributed by atoms with E-state index in [2.05, 4.69) is 15.6 Å². The van der Waals surface area contributed by atoms with Gasteiger partial charge in [-0.25, -0.2) is 0 Å². The summed E-state index contributed by atoms with van der Waals surface area (Å²) in [5.41, 5.74) is 0.627. The van der Waals surface area contributed by atoms with E-state index in [4.69, 9.17) is 0 Å². The van der Waals surface area contributed by atoms with Crippen LogP contribution < -0.4 is 10.6 Å². The van der Waals surface area contributed by atoms with Gasteiger partial charge in [-0.2, -0.15) is 0 Å². The molecule has 0 aliphatic carbocycles. The van der Waals surface area contributed by atoms with Gasteiger partial charge in [0.05, 0.1) is 5.92 Å². The van der Waals surface area contributed by atoms with Crippen molar-refractivity contribution in [2.75, 3.05) is 26.2 Å². The number of likely N-dealkylation sites (N-methyl/N-ethyl adjacent to an activating group) is 1. The van der Waals surface area contributed by atoms with E-state index in [1.165, 1.54) is 0 Å². The summed E-state index contributed by atoms with van der Waals surface area (Å²) < 4.78 is 0. The summed E-state index contributed by atoms with van der Waals surface area (Å²) in [6, 6.07) is 3.68. The van der Waals surface area contributed by atoms with Crippen molar-refractivity contribution in [2.24, 2.45) is 5.92 Å². The molecule has 0 radical (unpaired) electrons. The Bertz CT molecular complexity index is 531. The number of halogens is 2. The van der Waals surface area contributed by atoms with Crippen LogP contribution in [-0.4, -0.2) is 53.9 Å². The Labute approximate surface area is 162 Å². The second-order valence-corrected chi connectivity index (χ2v) is 6.03. The summed E-state index contributed by atoms with van der Waals surface area (Å²) in [6.45, 7) is 6.78. The fourth-order valence-corrected chi connectivity index (χ4v) is 2.87. The molecule has 2 N–H and O–H groups in total. The Morgan fingerprint density at radius 1 is 1.32 bits per heavy atom. The first kappa shape index (κ1) is 23.6. The number of aromatic nitrogens is 1. The molecule has 0 aromatic carbocycles. The monoisotopic (exact) mass is 390 g/mol. The standard InChI is InChI=1S/C17H26N4O2.2ClH/c1-3-19-13(2)11-20-16(22)15-5-4-10-21(12-15)17(23)14-6-8-18-9-7-14;;/h6-9,13,15,19H,3-5,10-12H2,1-2H3,(H,20,22);2*1H/t13-,15?;;/m1../s1. The number of hydrogen-bond donors (Lipinski definition) is 2. The van der Waals surface area contributed by atoms with Crippen LogP contribution in [-0.2, 0) is 4.79 Å². The zero-order valence-corrected chi connectivity index (χ0v) is 16.4. The van der Waals surface area contributed by atoms with Gasteiger partial charge in [0.2, 0.25) is 5.91 Å². The lowest BCUT2D eigenvalue weighted by Crippen LogP contribution is -2.47. The highest BCUT2D eigenvalue weighted by Gasteiger charge is 2.28. The largest absolute Gasteiger partial charge is 0.354 e. The highest BCUT2D eigenvalue weighted by molar-refractivity contribution is 5.94. The number of amides is 2. The highest BCUT2D eigenvalue weighted by atomic mass is 35.5. The van der Waals surface area contributed by atoms with E-state index in [9.17, 15) is 9.59 Å². The van der Waals surface area contributed by atoms with Gasteiger partial charge in [-0.15, -0.1) is 24.8 Å². The number of carbonyl (C=O) groups is 2. The summed E-state index contributed by atoms with van der Waals surface area (Å²) in [7, 11) is 0. The van der Waals surface area contributed by atoms with Crippen LogP contribution in [0.5, 0.6) is 0 Å². The van der Waals surface area contributed by atoms with Crippen molar-refractivity contribution < 1.29 is 9.59 Å². The van der Waals surface area contributed by atoms with Crippen LogP contribution in [0.15, 0.2) is 24.5 Å². The fourth-order valence-electron chi connectivity index (χ4n) is 2.87. The minimum absolute atomic E-state index is 0. The van der Waals surface area contributed by atoms with Gasteiger partial charge in [-0.05, 0) is 38.4 Å². The van der Waals surface area contributed by atoms with E-state index >= 15 is 0 Å². The van der Waals surface area contributed by atoms with Crippen molar-refractivity contribution in [1.82, 2.24) is 20.5 Å². The average molecular weight is 391 g/mol. The first-order valence-electron chi connectivity index (χ1n) is 8.32. The lowest BCUT2D eigenvalue weighted by atomic mass is 9.96. The van der Waals surface area contributed by atoms with Crippen LogP contribution in [0.4, 0.5) is 0 Å². The van der Waals surface area contributed by atoms with Crippen LogP contribution in [0.1, 0.15) is 37.0 Å². The minimum Gasteiger partial charge on any atom is -0.354 e. The number of pyridine rings is 1. The third-order valence-corrected chi connectivity index (χ3v) is 4.14. The van der Waals surface area contributed by atoms with Crippen molar-refractivity contribution >= 4 is 36.6 Å². The fraction of sp³-hybridized carbons (Fsp3) is 0.588. The number of likely N-dealkylation sites (tertiary alicyclic amines) is 1. The van der Waals surface area contributed by atoms with Gasteiger partial charge < -0.3 is 15.5 Å². The maximum absolute atomic E-state index is 12.5. The molecule has 2 atom stereocenters. The van der Waals surface area contributed by atoms with Crippen molar-refractivity contribution in [1.29, 1.82) is 0 Å². The van der Waals surface area contributed by atoms with E-state index in [0.717, 1.165) is 19.4 Å². The molecule has 0 spiro atoms. The van der Waals surface area contributed by atoms with E-state index < -0.39 is 0 Å². The number of nitrogens with zero attached hydrogens (tertiary/aromatic N) is 2. The minimum atomic E-state index is -0.122. The van der Waals surface area contributed by atoms with Crippen molar-refractivity contribution in [3.05, 3.63) is 30.1 Å². The molecule has 1 fully saturated rings. The number of piperidine rings is 1. The number of nitrogens with one attached hydrogen (secondary N) is 2. The molecule has 1 aromatic rings. The number of rotatable bonds is 6. The van der Waals surface area contributed by atoms with Crippen LogP contribution in [0.25, 0.3) is 0 Å². The summed E-state index contributed by atoms with van der Waals surface area (Å²) in [4.78, 5) is 30.5. The Kier molecular flexibility index (Phi) is 11.4. The highest BCUT2D eigenvalue weighted by Crippen LogP contribution is 2.18. The van der Waals surface area contributed by atoms with Crippen LogP contribution in [0, 0.1) is 5.92 Å². The molecular weight excluding hydrogens is 363 g/mol. The normalized spacial score (nSPS) is 17.7. The average Bonchev–Trinajstić information content (AvgIpc) is 2.60. The first-order chi connectivity index (χ1) is 11.1. The molecule has 2 rings (SSSR count). The van der Waals surface area contributed by atoms with E-state index in [1.807, 2.05) is 13.8 Å². The molecular formula is C17H28Cl2N4O2. The van der Waals surface area contributed by atoms with Gasteiger partial charge in [0.1, 0.15) is 0 Å². The van der Waals surface area contributed by atoms with Gasteiger partial charge in [-0.1, -0.05) is 6.92 Å². The molecule has 2 heterocycles. The maximum atomic E-state index is 12.5. The molecule has 25 heavy (non-hydrogen) atoms. The molecule has 0 saturated carbocycles. The summed E-state index contributed by atoms with van der Waals surface area (Å²) in [5.74, 6) is -0.101. The summed E-state index contributed by atoms with van der Waals surface area (Å²) >= 11 is 0. The van der Waals surface area contributed by atoms with Gasteiger partial charge in [0.25, 0.3) is 5.91 Å². The second-order valence-electron chi connectivity index (χ2n) is 6.03. The Hall–Kier alpha value is -1.37. The van der Waals surface area contributed by atoms with Gasteiger partial charge in [0, 0.05) is 43.6 Å². The molecule has 1 saturated heterocycles. The lowest BCUT2D eigenvalue weighted by molar-refractivity contribution is -0.126. The van der Waals surface area contributed by atoms with E-state index in [1.54, 1.807) is 29.4 Å².